The van der Waals surface area contributed by atoms with Gasteiger partial charge in [-0.25, -0.2) is 4.79 Å². The van der Waals surface area contributed by atoms with Gasteiger partial charge in [0.25, 0.3) is 5.91 Å². The predicted octanol–water partition coefficient (Wildman–Crippen LogP) is 3.80. The molecule has 1 saturated heterocycles. The van der Waals surface area contributed by atoms with Crippen LogP contribution in [0.3, 0.4) is 0 Å². The molecular formula is C33H55N5O5S. The number of nitrogens with one attached hydrogen (secondary N) is 4. The van der Waals surface area contributed by atoms with E-state index in [-0.39, 0.29) is 34.7 Å². The summed E-state index contributed by atoms with van der Waals surface area (Å²) in [6, 6.07) is -3.09. The first-order valence-corrected chi connectivity index (χ1v) is 17.5. The van der Waals surface area contributed by atoms with Crippen molar-refractivity contribution in [3.63, 3.8) is 0 Å². The molecule has 44 heavy (non-hydrogen) atoms. The highest BCUT2D eigenvalue weighted by Crippen LogP contribution is 2.40. The van der Waals surface area contributed by atoms with Gasteiger partial charge in [-0.05, 0) is 54.6 Å². The number of carbonyl (C=O) groups is 5. The second kappa shape index (κ2) is 14.7. The number of hydrogen-bond donors (Lipinski definition) is 4. The van der Waals surface area contributed by atoms with Gasteiger partial charge in [-0.15, -0.1) is 6.58 Å². The second-order valence-corrected chi connectivity index (χ2v) is 15.7. The number of amides is 5. The fraction of sp³-hybridized carbons (Fsp3) is 0.788. The van der Waals surface area contributed by atoms with E-state index in [0.717, 1.165) is 50.7 Å². The molecule has 1 unspecified atom stereocenters. The summed E-state index contributed by atoms with van der Waals surface area (Å²) >= 11 is 1.71. The van der Waals surface area contributed by atoms with Crippen LogP contribution in [0, 0.1) is 22.7 Å². The number of nitrogens with zero attached hydrogens (tertiary/aromatic N) is 1. The van der Waals surface area contributed by atoms with Crippen molar-refractivity contribution >= 4 is 41.3 Å². The van der Waals surface area contributed by atoms with Crippen LogP contribution in [0.15, 0.2) is 12.7 Å². The molecule has 4 atom stereocenters. The number of carbonyl (C=O) groups excluding carboxylic acids is 5. The van der Waals surface area contributed by atoms with E-state index in [1.165, 1.54) is 7.05 Å². The first kappa shape index (κ1) is 35.9. The molecule has 0 aromatic carbocycles. The molecule has 0 aromatic rings. The van der Waals surface area contributed by atoms with Gasteiger partial charge in [0, 0.05) is 19.3 Å². The van der Waals surface area contributed by atoms with Crippen molar-refractivity contribution in [3.05, 3.63) is 12.7 Å². The molecule has 3 rings (SSSR count). The van der Waals surface area contributed by atoms with E-state index in [4.69, 9.17) is 0 Å². The molecule has 11 heteroatoms. The van der Waals surface area contributed by atoms with Gasteiger partial charge >= 0.3 is 6.03 Å². The van der Waals surface area contributed by atoms with Crippen molar-refractivity contribution in [1.82, 2.24) is 26.2 Å². The van der Waals surface area contributed by atoms with Crippen LogP contribution in [-0.2, 0) is 19.2 Å². The molecule has 1 heterocycles. The molecule has 0 radical (unpaired) electrons. The maximum Gasteiger partial charge on any atom is 0.315 e. The zero-order valence-electron chi connectivity index (χ0n) is 27.8. The Morgan fingerprint density at radius 3 is 2.18 bits per heavy atom. The molecule has 3 aliphatic rings. The monoisotopic (exact) mass is 633 g/mol. The van der Waals surface area contributed by atoms with E-state index in [1.54, 1.807) is 16.7 Å². The number of urea groups is 1. The quantitative estimate of drug-likeness (QED) is 0.180. The van der Waals surface area contributed by atoms with Gasteiger partial charge < -0.3 is 26.2 Å². The fourth-order valence-corrected chi connectivity index (χ4v) is 7.45. The number of thioether (sulfide) groups is 1. The van der Waals surface area contributed by atoms with E-state index in [0.29, 0.717) is 19.4 Å². The van der Waals surface area contributed by atoms with Crippen LogP contribution < -0.4 is 21.3 Å². The summed E-state index contributed by atoms with van der Waals surface area (Å²) in [6.07, 6.45) is 11.6. The number of likely N-dealkylation sites (N-methyl/N-ethyl adjacent to an activating group) is 1. The zero-order chi connectivity index (χ0) is 32.9. The van der Waals surface area contributed by atoms with Crippen LogP contribution in [0.25, 0.3) is 0 Å². The standard InChI is InChI=1S/C33H55N5O5S/c1-9-32(5,6)22-18-24(27(40)35-23(17-21-13-14-21)25(39)28(41)34-7)38(19-22)29(42)26(31(2,3)4)36-30(43)37-33(20-44-8)15-11-10-12-16-33/h9,21-24,26H,1,10-20H2,2-8H3,(H,34,41)(H,35,40)(H2,36,37,43)/t22-,23?,24+,26-/m1/s1. The van der Waals surface area contributed by atoms with Gasteiger partial charge in [-0.2, -0.15) is 11.8 Å². The third-order valence-electron chi connectivity index (χ3n) is 9.81. The summed E-state index contributed by atoms with van der Waals surface area (Å²) in [7, 11) is 1.39. The van der Waals surface area contributed by atoms with E-state index >= 15 is 0 Å². The highest BCUT2D eigenvalue weighted by molar-refractivity contribution is 7.98. The number of likely N-dealkylation sites (tertiary alicyclic amines) is 1. The highest BCUT2D eigenvalue weighted by atomic mass is 32.2. The van der Waals surface area contributed by atoms with Crippen molar-refractivity contribution in [2.45, 2.75) is 116 Å². The first-order chi connectivity index (χ1) is 20.6. The lowest BCUT2D eigenvalue weighted by atomic mass is 9.77. The van der Waals surface area contributed by atoms with Crippen LogP contribution in [0.4, 0.5) is 4.79 Å². The average molecular weight is 634 g/mol. The lowest BCUT2D eigenvalue weighted by Gasteiger charge is -2.40. The molecule has 3 fully saturated rings. The maximum atomic E-state index is 14.4. The van der Waals surface area contributed by atoms with Crippen LogP contribution in [0.2, 0.25) is 0 Å². The summed E-state index contributed by atoms with van der Waals surface area (Å²) in [5.74, 6) is -1.21. The van der Waals surface area contributed by atoms with Gasteiger partial charge in [0.2, 0.25) is 17.6 Å². The number of allylic oxidation sites excluding steroid dienone is 1. The molecule has 10 nitrogen and oxygen atoms in total. The molecule has 1 aliphatic heterocycles. The number of rotatable bonds is 13. The Balaban J connectivity index is 1.87. The Hall–Kier alpha value is -2.56. The van der Waals surface area contributed by atoms with Crippen LogP contribution >= 0.6 is 11.8 Å². The van der Waals surface area contributed by atoms with E-state index < -0.39 is 41.1 Å². The molecule has 0 spiro atoms. The minimum absolute atomic E-state index is 0.0715. The van der Waals surface area contributed by atoms with Gasteiger partial charge in [0.1, 0.15) is 12.1 Å². The molecule has 2 saturated carbocycles. The van der Waals surface area contributed by atoms with E-state index in [2.05, 4.69) is 27.8 Å². The van der Waals surface area contributed by atoms with Crippen molar-refractivity contribution in [3.8, 4) is 0 Å². The molecule has 5 amide bonds. The molecular weight excluding hydrogens is 578 g/mol. The number of ketones is 1. The van der Waals surface area contributed by atoms with Crippen molar-refractivity contribution in [2.75, 3.05) is 25.6 Å². The third kappa shape index (κ3) is 9.01. The molecule has 0 aromatic heterocycles. The Bertz CT molecular complexity index is 1090. The normalized spacial score (nSPS) is 23.2. The highest BCUT2D eigenvalue weighted by Gasteiger charge is 2.49. The van der Waals surface area contributed by atoms with E-state index in [1.807, 2.05) is 47.0 Å². The largest absolute Gasteiger partial charge is 0.353 e. The summed E-state index contributed by atoms with van der Waals surface area (Å²) in [5, 5.41) is 11.4. The Kier molecular flexibility index (Phi) is 12.0. The van der Waals surface area contributed by atoms with Crippen molar-refractivity contribution < 1.29 is 24.0 Å². The molecule has 248 valence electrons. The van der Waals surface area contributed by atoms with Crippen LogP contribution in [0.1, 0.15) is 92.4 Å². The predicted molar refractivity (Wildman–Crippen MR) is 175 cm³/mol. The minimum atomic E-state index is -0.955. The summed E-state index contributed by atoms with van der Waals surface area (Å²) in [5.41, 5.74) is -1.33. The number of hydrogen-bond acceptors (Lipinski definition) is 6. The lowest BCUT2D eigenvalue weighted by Crippen LogP contribution is -2.62. The summed E-state index contributed by atoms with van der Waals surface area (Å²) in [4.78, 5) is 68.5. The third-order valence-corrected chi connectivity index (χ3v) is 10.7. The smallest absolute Gasteiger partial charge is 0.315 e. The Morgan fingerprint density at radius 1 is 1.02 bits per heavy atom. The SMILES string of the molecule is C=CC(C)(C)[C@@H]1C[C@@H](C(=O)NC(CC2CC2)C(=O)C(=O)NC)N(C(=O)[C@@H](NC(=O)NC2(CSC)CCCCC2)C(C)(C)C)C1. The molecule has 0 bridgehead atoms. The second-order valence-electron chi connectivity index (χ2n) is 14.8. The van der Waals surface area contributed by atoms with E-state index in [9.17, 15) is 24.0 Å². The molecule has 2 aliphatic carbocycles. The Labute approximate surface area is 268 Å². The maximum absolute atomic E-state index is 14.4. The number of Topliss-reactive ketones (excluding diaryl/α,β-unsaturated/α-hetero) is 1. The van der Waals surface area contributed by atoms with Gasteiger partial charge in [0.15, 0.2) is 0 Å². The van der Waals surface area contributed by atoms with Gasteiger partial charge in [-0.3, -0.25) is 19.2 Å². The van der Waals surface area contributed by atoms with Crippen molar-refractivity contribution in [1.29, 1.82) is 0 Å². The topological polar surface area (TPSA) is 137 Å². The first-order valence-electron chi connectivity index (χ1n) is 16.2. The summed E-state index contributed by atoms with van der Waals surface area (Å²) in [6.45, 7) is 14.1. The minimum Gasteiger partial charge on any atom is -0.353 e. The van der Waals surface area contributed by atoms with Crippen LogP contribution in [0.5, 0.6) is 0 Å². The average Bonchev–Trinajstić information content (AvgIpc) is 3.67. The summed E-state index contributed by atoms with van der Waals surface area (Å²) < 4.78 is 0. The Morgan fingerprint density at radius 2 is 1.66 bits per heavy atom. The lowest BCUT2D eigenvalue weighted by molar-refractivity contribution is -0.143. The van der Waals surface area contributed by atoms with Gasteiger partial charge in [-0.1, -0.05) is 72.8 Å². The zero-order valence-corrected chi connectivity index (χ0v) is 28.7. The molecule has 4 N–H and O–H groups in total. The van der Waals surface area contributed by atoms with Crippen molar-refractivity contribution in [2.24, 2.45) is 22.7 Å². The fourth-order valence-electron chi connectivity index (χ4n) is 6.53. The van der Waals surface area contributed by atoms with Gasteiger partial charge in [0.05, 0.1) is 11.6 Å². The van der Waals surface area contributed by atoms with Crippen LogP contribution in [-0.4, -0.2) is 83.7 Å².